The van der Waals surface area contributed by atoms with E-state index in [1.54, 1.807) is 23.5 Å². The number of benzene rings is 2. The molecule has 1 heterocycles. The van der Waals surface area contributed by atoms with Gasteiger partial charge in [-0.05, 0) is 42.7 Å². The Labute approximate surface area is 152 Å². The summed E-state index contributed by atoms with van der Waals surface area (Å²) in [4.78, 5) is 0. The number of ether oxygens (including phenoxy) is 1. The molecule has 130 valence electrons. The molecule has 5 nitrogen and oxygen atoms in total. The number of nitrogens with two attached hydrogens (primary N) is 1. The Morgan fingerprint density at radius 2 is 1.84 bits per heavy atom. The number of thioether (sulfide) groups is 1. The summed E-state index contributed by atoms with van der Waals surface area (Å²) in [6.07, 6.45) is 0.636. The molecule has 3 aromatic rings. The molecule has 0 amide bonds. The van der Waals surface area contributed by atoms with Crippen molar-refractivity contribution in [2.24, 2.45) is 0 Å². The summed E-state index contributed by atoms with van der Waals surface area (Å²) in [7, 11) is 1.66. The van der Waals surface area contributed by atoms with Gasteiger partial charge in [-0.25, -0.2) is 4.68 Å². The summed E-state index contributed by atoms with van der Waals surface area (Å²) in [6, 6.07) is 14.4. The molecule has 0 aliphatic rings. The molecular weight excluding hydrogens is 332 g/mol. The zero-order valence-corrected chi connectivity index (χ0v) is 15.5. The molecule has 0 saturated heterocycles. The lowest BCUT2D eigenvalue weighted by Gasteiger charge is -2.07. The van der Waals surface area contributed by atoms with E-state index in [1.165, 1.54) is 16.7 Å². The molecule has 3 rings (SSSR count). The smallest absolute Gasteiger partial charge is 0.210 e. The number of aryl methyl sites for hydroxylation is 2. The van der Waals surface area contributed by atoms with Crippen LogP contribution in [-0.2, 0) is 12.2 Å². The highest BCUT2D eigenvalue weighted by atomic mass is 32.2. The third kappa shape index (κ3) is 4.14. The predicted molar refractivity (Wildman–Crippen MR) is 101 cm³/mol. The molecule has 0 radical (unpaired) electrons. The van der Waals surface area contributed by atoms with Gasteiger partial charge in [0.2, 0.25) is 5.16 Å². The monoisotopic (exact) mass is 354 g/mol. The van der Waals surface area contributed by atoms with Gasteiger partial charge >= 0.3 is 0 Å². The van der Waals surface area contributed by atoms with Crippen LogP contribution in [0.15, 0.2) is 47.6 Å². The zero-order valence-electron chi connectivity index (χ0n) is 14.7. The van der Waals surface area contributed by atoms with Crippen molar-refractivity contribution in [1.82, 2.24) is 14.9 Å². The fourth-order valence-electron chi connectivity index (χ4n) is 2.55. The van der Waals surface area contributed by atoms with Crippen molar-refractivity contribution < 1.29 is 4.74 Å². The summed E-state index contributed by atoms with van der Waals surface area (Å²) in [6.45, 7) is 4.23. The summed E-state index contributed by atoms with van der Waals surface area (Å²) in [5.74, 6) is 8.59. The first-order valence-corrected chi connectivity index (χ1v) is 9.06. The lowest BCUT2D eigenvalue weighted by atomic mass is 10.1. The first-order chi connectivity index (χ1) is 12.1. The Morgan fingerprint density at radius 3 is 2.56 bits per heavy atom. The fourth-order valence-corrected chi connectivity index (χ4v) is 3.49. The second kappa shape index (κ2) is 7.61. The molecular formula is C19H22N4OS. The van der Waals surface area contributed by atoms with Gasteiger partial charge in [-0.2, -0.15) is 0 Å². The van der Waals surface area contributed by atoms with Gasteiger partial charge < -0.3 is 10.6 Å². The first kappa shape index (κ1) is 17.4. The minimum atomic E-state index is 0.636. The number of aromatic nitrogens is 3. The number of nitrogens with zero attached hydrogens (tertiary/aromatic N) is 3. The summed E-state index contributed by atoms with van der Waals surface area (Å²) >= 11 is 1.60. The molecule has 0 aliphatic heterocycles. The largest absolute Gasteiger partial charge is 0.497 e. The molecule has 0 fully saturated rings. The van der Waals surface area contributed by atoms with Crippen LogP contribution < -0.4 is 10.6 Å². The van der Waals surface area contributed by atoms with Gasteiger partial charge in [-0.1, -0.05) is 47.7 Å². The van der Waals surface area contributed by atoms with Crippen molar-refractivity contribution in [3.05, 3.63) is 70.5 Å². The van der Waals surface area contributed by atoms with E-state index >= 15 is 0 Å². The number of nitrogen functional groups attached to an aromatic ring is 1. The average Bonchev–Trinajstić information content (AvgIpc) is 2.96. The van der Waals surface area contributed by atoms with Crippen molar-refractivity contribution >= 4 is 11.8 Å². The Bertz CT molecular complexity index is 858. The molecule has 6 heteroatoms. The van der Waals surface area contributed by atoms with Gasteiger partial charge in [0.15, 0.2) is 5.82 Å². The maximum absolute atomic E-state index is 6.19. The molecule has 2 aromatic carbocycles. The third-order valence-corrected chi connectivity index (χ3v) is 5.11. The molecule has 0 aliphatic carbocycles. The van der Waals surface area contributed by atoms with Crippen molar-refractivity contribution in [2.75, 3.05) is 13.0 Å². The van der Waals surface area contributed by atoms with E-state index in [9.17, 15) is 0 Å². The van der Waals surface area contributed by atoms with E-state index < -0.39 is 0 Å². The van der Waals surface area contributed by atoms with Gasteiger partial charge in [0.1, 0.15) is 5.75 Å². The number of hydrogen-bond acceptors (Lipinski definition) is 5. The SMILES string of the molecule is COc1ccc(Cc2nnc(SCc3cc(C)ccc3C)n2N)cc1. The molecule has 25 heavy (non-hydrogen) atoms. The normalized spacial score (nSPS) is 10.8. The predicted octanol–water partition coefficient (Wildman–Crippen LogP) is 3.50. The van der Waals surface area contributed by atoms with Crippen molar-refractivity contribution in [3.8, 4) is 5.75 Å². The van der Waals surface area contributed by atoms with Crippen LogP contribution in [0.3, 0.4) is 0 Å². The van der Waals surface area contributed by atoms with Crippen LogP contribution >= 0.6 is 11.8 Å². The molecule has 1 aromatic heterocycles. The van der Waals surface area contributed by atoms with E-state index in [1.807, 2.05) is 24.3 Å². The lowest BCUT2D eigenvalue weighted by molar-refractivity contribution is 0.414. The average molecular weight is 354 g/mol. The highest BCUT2D eigenvalue weighted by Gasteiger charge is 2.12. The highest BCUT2D eigenvalue weighted by molar-refractivity contribution is 7.98. The maximum atomic E-state index is 6.19. The van der Waals surface area contributed by atoms with Crippen LogP contribution in [0, 0.1) is 13.8 Å². The number of rotatable bonds is 6. The van der Waals surface area contributed by atoms with Crippen LogP contribution in [0.25, 0.3) is 0 Å². The highest BCUT2D eigenvalue weighted by Crippen LogP contribution is 2.24. The molecule has 2 N–H and O–H groups in total. The minimum absolute atomic E-state index is 0.636. The molecule has 0 unspecified atom stereocenters. The Kier molecular flexibility index (Phi) is 5.28. The van der Waals surface area contributed by atoms with Crippen molar-refractivity contribution in [3.63, 3.8) is 0 Å². The van der Waals surface area contributed by atoms with Gasteiger partial charge in [0.05, 0.1) is 7.11 Å². The molecule has 0 saturated carbocycles. The van der Waals surface area contributed by atoms with Crippen LogP contribution in [0.4, 0.5) is 0 Å². The summed E-state index contributed by atoms with van der Waals surface area (Å²) in [5, 5.41) is 9.21. The Balaban J connectivity index is 1.69. The molecule has 0 atom stereocenters. The van der Waals surface area contributed by atoms with Gasteiger partial charge in [0, 0.05) is 12.2 Å². The standard InChI is InChI=1S/C19H22N4OS/c1-13-4-5-14(2)16(10-13)12-25-19-22-21-18(23(19)20)11-15-6-8-17(24-3)9-7-15/h4-10H,11-12,20H2,1-3H3. The topological polar surface area (TPSA) is 66.0 Å². The maximum Gasteiger partial charge on any atom is 0.210 e. The molecule has 0 bridgehead atoms. The van der Waals surface area contributed by atoms with Gasteiger partial charge in [-0.15, -0.1) is 10.2 Å². The third-order valence-electron chi connectivity index (χ3n) is 4.12. The van der Waals surface area contributed by atoms with E-state index in [0.717, 1.165) is 28.0 Å². The van der Waals surface area contributed by atoms with E-state index in [0.29, 0.717) is 6.42 Å². The quantitative estimate of drug-likeness (QED) is 0.542. The van der Waals surface area contributed by atoms with Crippen LogP contribution in [-0.4, -0.2) is 22.0 Å². The first-order valence-electron chi connectivity index (χ1n) is 8.08. The van der Waals surface area contributed by atoms with Gasteiger partial charge in [-0.3, -0.25) is 0 Å². The van der Waals surface area contributed by atoms with Crippen molar-refractivity contribution in [1.29, 1.82) is 0 Å². The summed E-state index contributed by atoms with van der Waals surface area (Å²) in [5.41, 5.74) is 4.95. The second-order valence-electron chi connectivity index (χ2n) is 6.01. The Hall–Kier alpha value is -2.47. The van der Waals surface area contributed by atoms with Crippen LogP contribution in [0.5, 0.6) is 5.75 Å². The second-order valence-corrected chi connectivity index (χ2v) is 6.95. The number of methoxy groups -OCH3 is 1. The van der Waals surface area contributed by atoms with Crippen LogP contribution in [0.1, 0.15) is 28.1 Å². The van der Waals surface area contributed by atoms with E-state index in [2.05, 4.69) is 42.2 Å². The zero-order chi connectivity index (χ0) is 17.8. The molecule has 0 spiro atoms. The summed E-state index contributed by atoms with van der Waals surface area (Å²) < 4.78 is 6.76. The lowest BCUT2D eigenvalue weighted by Crippen LogP contribution is -2.14. The minimum Gasteiger partial charge on any atom is -0.497 e. The van der Waals surface area contributed by atoms with E-state index in [4.69, 9.17) is 10.6 Å². The van der Waals surface area contributed by atoms with Crippen LogP contribution in [0.2, 0.25) is 0 Å². The number of hydrogen-bond donors (Lipinski definition) is 1. The van der Waals surface area contributed by atoms with Crippen molar-refractivity contribution in [2.45, 2.75) is 31.2 Å². The Morgan fingerprint density at radius 1 is 1.08 bits per heavy atom. The van der Waals surface area contributed by atoms with Gasteiger partial charge in [0.25, 0.3) is 0 Å². The fraction of sp³-hybridized carbons (Fsp3) is 0.263. The van der Waals surface area contributed by atoms with E-state index in [-0.39, 0.29) is 0 Å².